The smallest absolute Gasteiger partial charge is 0.250 e. The first kappa shape index (κ1) is 16.4. The summed E-state index contributed by atoms with van der Waals surface area (Å²) in [5.41, 5.74) is 1.63. The molecule has 0 amide bonds. The Morgan fingerprint density at radius 1 is 1.08 bits per heavy atom. The highest BCUT2D eigenvalue weighted by Crippen LogP contribution is 2.27. The number of para-hydroxylation sites is 1. The molecule has 9 heteroatoms. The lowest BCUT2D eigenvalue weighted by Gasteiger charge is -2.02. The fraction of sp³-hybridized carbons (Fsp3) is 0.118. The normalized spacial score (nSPS) is 10.8. The van der Waals surface area contributed by atoms with E-state index in [-0.39, 0.29) is 6.54 Å². The molecule has 26 heavy (non-hydrogen) atoms. The predicted molar refractivity (Wildman–Crippen MR) is 96.3 cm³/mol. The van der Waals surface area contributed by atoms with Crippen LogP contribution >= 0.6 is 15.9 Å². The van der Waals surface area contributed by atoms with Gasteiger partial charge in [-0.2, -0.15) is 9.78 Å². The molecule has 0 N–H and O–H groups in total. The molecule has 0 fully saturated rings. The Balaban J connectivity index is 1.54. The molecular weight excluding hydrogens is 400 g/mol. The zero-order chi connectivity index (χ0) is 17.9. The van der Waals surface area contributed by atoms with Crippen LogP contribution in [0.3, 0.4) is 0 Å². The van der Waals surface area contributed by atoms with Crippen molar-refractivity contribution >= 4 is 15.9 Å². The molecule has 0 radical (unpaired) electrons. The molecule has 2 aromatic heterocycles. The molecule has 4 rings (SSSR count). The topological polar surface area (TPSA) is 91.8 Å². The van der Waals surface area contributed by atoms with Gasteiger partial charge in [0.05, 0.1) is 12.7 Å². The van der Waals surface area contributed by atoms with Crippen molar-refractivity contribution < 1.29 is 9.26 Å². The maximum Gasteiger partial charge on any atom is 0.250 e. The van der Waals surface area contributed by atoms with Crippen molar-refractivity contribution in [3.63, 3.8) is 0 Å². The summed E-state index contributed by atoms with van der Waals surface area (Å²) in [5.74, 6) is 2.04. The summed E-state index contributed by atoms with van der Waals surface area (Å²) in [6.45, 7) is 0.228. The van der Waals surface area contributed by atoms with Gasteiger partial charge in [-0.1, -0.05) is 33.2 Å². The van der Waals surface area contributed by atoms with Crippen LogP contribution in [-0.2, 0) is 6.54 Å². The van der Waals surface area contributed by atoms with Crippen LogP contribution in [0.2, 0.25) is 0 Å². The van der Waals surface area contributed by atoms with E-state index in [0.29, 0.717) is 23.3 Å². The van der Waals surface area contributed by atoms with Crippen LogP contribution in [0.15, 0.2) is 57.5 Å². The minimum Gasteiger partial charge on any atom is -0.496 e. The van der Waals surface area contributed by atoms with Crippen LogP contribution in [0.4, 0.5) is 0 Å². The molecule has 0 atom stereocenters. The Labute approximate surface area is 156 Å². The fourth-order valence-electron chi connectivity index (χ4n) is 2.40. The Kier molecular flexibility index (Phi) is 4.44. The lowest BCUT2D eigenvalue weighted by molar-refractivity contribution is 0.356. The van der Waals surface area contributed by atoms with Crippen LogP contribution in [0.25, 0.3) is 22.8 Å². The van der Waals surface area contributed by atoms with Gasteiger partial charge >= 0.3 is 0 Å². The van der Waals surface area contributed by atoms with E-state index < -0.39 is 0 Å². The average Bonchev–Trinajstić information content (AvgIpc) is 3.32. The molecule has 0 bridgehead atoms. The van der Waals surface area contributed by atoms with Gasteiger partial charge in [-0.15, -0.1) is 10.2 Å². The number of nitrogens with zero attached hydrogens (tertiary/aromatic N) is 6. The number of ether oxygens (including phenoxy) is 1. The highest BCUT2D eigenvalue weighted by molar-refractivity contribution is 9.10. The number of hydrogen-bond acceptors (Lipinski definition) is 7. The second kappa shape index (κ2) is 7.04. The number of aromatic nitrogens is 6. The predicted octanol–water partition coefficient (Wildman–Crippen LogP) is 3.21. The van der Waals surface area contributed by atoms with Crippen molar-refractivity contribution in [1.29, 1.82) is 0 Å². The number of rotatable bonds is 5. The number of tetrazole rings is 1. The van der Waals surface area contributed by atoms with Gasteiger partial charge in [0.15, 0.2) is 0 Å². The maximum absolute atomic E-state index is 5.32. The van der Waals surface area contributed by atoms with Gasteiger partial charge in [0.1, 0.15) is 12.3 Å². The lowest BCUT2D eigenvalue weighted by Crippen LogP contribution is -2.04. The molecule has 0 unspecified atom stereocenters. The summed E-state index contributed by atoms with van der Waals surface area (Å²) in [7, 11) is 1.60. The lowest BCUT2D eigenvalue weighted by atomic mass is 10.2. The first-order valence-electron chi connectivity index (χ1n) is 7.72. The molecule has 4 aromatic rings. The van der Waals surface area contributed by atoms with Gasteiger partial charge in [-0.3, -0.25) is 0 Å². The van der Waals surface area contributed by atoms with Gasteiger partial charge in [-0.25, -0.2) is 0 Å². The number of hydrogen-bond donors (Lipinski definition) is 0. The summed E-state index contributed by atoms with van der Waals surface area (Å²) < 4.78 is 11.6. The SMILES string of the molecule is COc1ccccc1-c1noc(Cn2nnc(-c3ccc(Br)cc3)n2)n1. The molecule has 0 aliphatic carbocycles. The second-order valence-corrected chi connectivity index (χ2v) is 6.28. The molecule has 0 spiro atoms. The van der Waals surface area contributed by atoms with Gasteiger partial charge < -0.3 is 9.26 Å². The summed E-state index contributed by atoms with van der Waals surface area (Å²) in [4.78, 5) is 5.80. The molecule has 0 aliphatic heterocycles. The van der Waals surface area contributed by atoms with Crippen LogP contribution in [0.1, 0.15) is 5.89 Å². The van der Waals surface area contributed by atoms with Crippen molar-refractivity contribution in [2.45, 2.75) is 6.54 Å². The largest absolute Gasteiger partial charge is 0.496 e. The third kappa shape index (κ3) is 3.33. The Morgan fingerprint density at radius 2 is 1.88 bits per heavy atom. The van der Waals surface area contributed by atoms with Crippen molar-refractivity contribution in [2.24, 2.45) is 0 Å². The highest BCUT2D eigenvalue weighted by atomic mass is 79.9. The fourth-order valence-corrected chi connectivity index (χ4v) is 2.67. The van der Waals surface area contributed by atoms with E-state index in [2.05, 4.69) is 41.5 Å². The van der Waals surface area contributed by atoms with Crippen molar-refractivity contribution in [1.82, 2.24) is 30.3 Å². The molecule has 0 aliphatic rings. The Bertz CT molecular complexity index is 1030. The van der Waals surface area contributed by atoms with E-state index in [1.54, 1.807) is 7.11 Å². The second-order valence-electron chi connectivity index (χ2n) is 5.36. The summed E-state index contributed by atoms with van der Waals surface area (Å²) in [6, 6.07) is 15.2. The van der Waals surface area contributed by atoms with Crippen molar-refractivity contribution in [3.05, 3.63) is 58.9 Å². The first-order valence-corrected chi connectivity index (χ1v) is 8.52. The highest BCUT2D eigenvalue weighted by Gasteiger charge is 2.14. The molecule has 0 saturated carbocycles. The first-order chi connectivity index (χ1) is 12.7. The van der Waals surface area contributed by atoms with E-state index in [1.165, 1.54) is 4.80 Å². The average molecular weight is 413 g/mol. The van der Waals surface area contributed by atoms with E-state index in [4.69, 9.17) is 9.26 Å². The zero-order valence-corrected chi connectivity index (χ0v) is 15.3. The van der Waals surface area contributed by atoms with E-state index in [1.807, 2.05) is 48.5 Å². The molecule has 2 aromatic carbocycles. The van der Waals surface area contributed by atoms with Crippen LogP contribution < -0.4 is 4.74 Å². The molecule has 130 valence electrons. The standard InChI is InChI=1S/C17H13BrN6O2/c1-25-14-5-3-2-4-13(14)17-19-15(26-22-17)10-24-21-16(20-23-24)11-6-8-12(18)9-7-11/h2-9H,10H2,1H3. The van der Waals surface area contributed by atoms with Gasteiger partial charge in [0.2, 0.25) is 11.6 Å². The van der Waals surface area contributed by atoms with E-state index in [0.717, 1.165) is 15.6 Å². The summed E-state index contributed by atoms with van der Waals surface area (Å²) >= 11 is 3.40. The third-order valence-electron chi connectivity index (χ3n) is 3.65. The minimum atomic E-state index is 0.228. The zero-order valence-electron chi connectivity index (χ0n) is 13.7. The minimum absolute atomic E-state index is 0.228. The maximum atomic E-state index is 5.32. The van der Waals surface area contributed by atoms with E-state index in [9.17, 15) is 0 Å². The molecular formula is C17H13BrN6O2. The summed E-state index contributed by atoms with van der Waals surface area (Å²) in [5, 5.41) is 16.5. The Hall–Kier alpha value is -3.07. The third-order valence-corrected chi connectivity index (χ3v) is 4.18. The monoisotopic (exact) mass is 412 g/mol. The van der Waals surface area contributed by atoms with Crippen molar-refractivity contribution in [3.8, 4) is 28.5 Å². The van der Waals surface area contributed by atoms with Gasteiger partial charge in [-0.05, 0) is 41.6 Å². The number of benzene rings is 2. The quantitative estimate of drug-likeness (QED) is 0.496. The summed E-state index contributed by atoms with van der Waals surface area (Å²) in [6.07, 6.45) is 0. The number of halogens is 1. The van der Waals surface area contributed by atoms with Crippen LogP contribution in [0.5, 0.6) is 5.75 Å². The van der Waals surface area contributed by atoms with Gasteiger partial charge in [0.25, 0.3) is 5.89 Å². The van der Waals surface area contributed by atoms with Crippen molar-refractivity contribution in [2.75, 3.05) is 7.11 Å². The number of methoxy groups -OCH3 is 1. The molecule has 2 heterocycles. The molecule has 0 saturated heterocycles. The van der Waals surface area contributed by atoms with Crippen LogP contribution in [-0.4, -0.2) is 37.5 Å². The molecule has 8 nitrogen and oxygen atoms in total. The Morgan fingerprint density at radius 3 is 2.69 bits per heavy atom. The van der Waals surface area contributed by atoms with Crippen LogP contribution in [0, 0.1) is 0 Å². The van der Waals surface area contributed by atoms with E-state index >= 15 is 0 Å². The van der Waals surface area contributed by atoms with Gasteiger partial charge in [0, 0.05) is 10.0 Å².